The maximum atomic E-state index is 11.3. The lowest BCUT2D eigenvalue weighted by molar-refractivity contribution is -0.777. The molecule has 0 spiro atoms. The van der Waals surface area contributed by atoms with E-state index < -0.39 is 43.6 Å². The van der Waals surface area contributed by atoms with Gasteiger partial charge >= 0.3 is 5.97 Å². The molecule has 2 aliphatic rings. The second-order valence-corrected chi connectivity index (χ2v) is 6.19. The van der Waals surface area contributed by atoms with Crippen LogP contribution in [0.1, 0.15) is 34.8 Å². The zero-order chi connectivity index (χ0) is 19.9. The van der Waals surface area contributed by atoms with Crippen LogP contribution in [-0.2, 0) is 9.53 Å². The summed E-state index contributed by atoms with van der Waals surface area (Å²) in [6, 6.07) is 3.03. The molecular formula is C16H23N2O6+. The van der Waals surface area contributed by atoms with E-state index in [4.69, 9.17) is 8.85 Å². The molecule has 1 aromatic heterocycles. The largest absolute Gasteiger partial charge is 0.479 e. The van der Waals surface area contributed by atoms with Crippen molar-refractivity contribution in [3.63, 3.8) is 0 Å². The Bertz CT molecular complexity index is 703. The van der Waals surface area contributed by atoms with E-state index >= 15 is 0 Å². The van der Waals surface area contributed by atoms with Crippen molar-refractivity contribution in [3.05, 3.63) is 30.1 Å². The molecule has 0 aliphatic carbocycles. The van der Waals surface area contributed by atoms with Crippen molar-refractivity contribution in [2.24, 2.45) is 0 Å². The number of carboxylic acid groups (broad SMARTS) is 1. The molecule has 6 atom stereocenters. The van der Waals surface area contributed by atoms with E-state index in [1.54, 1.807) is 18.3 Å². The van der Waals surface area contributed by atoms with E-state index in [-0.39, 0.29) is 6.04 Å². The molecule has 2 aliphatic heterocycles. The first-order chi connectivity index (χ1) is 12.6. The number of aliphatic hydroxyl groups excluding tert-OH is 3. The first kappa shape index (κ1) is 13.7. The van der Waals surface area contributed by atoms with Gasteiger partial charge < -0.3 is 25.2 Å². The Hall–Kier alpha value is -1.58. The number of rotatable bonds is 3. The molecule has 24 heavy (non-hydrogen) atoms. The van der Waals surface area contributed by atoms with Gasteiger partial charge in [0.2, 0.25) is 0 Å². The Labute approximate surface area is 143 Å². The van der Waals surface area contributed by atoms with Crippen LogP contribution in [0.4, 0.5) is 0 Å². The third-order valence-electron chi connectivity index (χ3n) is 4.61. The van der Waals surface area contributed by atoms with Crippen LogP contribution in [0.2, 0.25) is 0 Å². The van der Waals surface area contributed by atoms with Gasteiger partial charge in [0.05, 0.1) is 0 Å². The number of ether oxygens (including phenoxy) is 1. The van der Waals surface area contributed by atoms with Crippen molar-refractivity contribution in [2.75, 3.05) is 13.5 Å². The lowest BCUT2D eigenvalue weighted by atomic mass is 9.97. The topological polar surface area (TPSA) is 114 Å². The first-order valence-electron chi connectivity index (χ1n) is 9.31. The van der Waals surface area contributed by atoms with Crippen LogP contribution in [0.5, 0.6) is 0 Å². The standard InChI is InChI=1S/C16H22N2O6/c1-17-6-3-5-10(17)9-4-2-7-18(8-9)15-13(21)11(19)12(20)14(24-15)16(22)23/h2,4,7-8,10-15,19-21H,3,5-6H2,1H3/p+1/t10?,11-,12-,13+,14-,15+/m0/s1/i1D3. The fourth-order valence-corrected chi connectivity index (χ4v) is 3.29. The molecule has 8 nitrogen and oxygen atoms in total. The highest BCUT2D eigenvalue weighted by atomic mass is 16.6. The minimum absolute atomic E-state index is 0.350. The number of pyridine rings is 1. The molecule has 1 unspecified atom stereocenters. The maximum absolute atomic E-state index is 11.3. The summed E-state index contributed by atoms with van der Waals surface area (Å²) >= 11 is 0. The molecule has 3 heterocycles. The van der Waals surface area contributed by atoms with Gasteiger partial charge in [-0.1, -0.05) is 0 Å². The summed E-state index contributed by atoms with van der Waals surface area (Å²) in [7, 11) is 0. The fourth-order valence-electron chi connectivity index (χ4n) is 3.29. The highest BCUT2D eigenvalue weighted by molar-refractivity contribution is 5.73. The third kappa shape index (κ3) is 3.03. The van der Waals surface area contributed by atoms with Crippen molar-refractivity contribution in [1.29, 1.82) is 0 Å². The summed E-state index contributed by atoms with van der Waals surface area (Å²) in [4.78, 5) is 12.7. The Morgan fingerprint density at radius 1 is 1.38 bits per heavy atom. The number of carbonyl (C=O) groups is 1. The van der Waals surface area contributed by atoms with E-state index in [2.05, 4.69) is 0 Å². The number of likely N-dealkylation sites (tertiary alicyclic amines) is 1. The van der Waals surface area contributed by atoms with E-state index in [9.17, 15) is 25.2 Å². The van der Waals surface area contributed by atoms with Crippen LogP contribution in [0.3, 0.4) is 0 Å². The molecule has 0 bridgehead atoms. The highest BCUT2D eigenvalue weighted by Crippen LogP contribution is 2.30. The Morgan fingerprint density at radius 2 is 2.17 bits per heavy atom. The zero-order valence-electron chi connectivity index (χ0n) is 15.9. The van der Waals surface area contributed by atoms with E-state index in [0.717, 1.165) is 6.42 Å². The molecule has 1 aromatic rings. The summed E-state index contributed by atoms with van der Waals surface area (Å²) in [5.41, 5.74) is 0.675. The van der Waals surface area contributed by atoms with Gasteiger partial charge in [-0.25, -0.2) is 4.79 Å². The van der Waals surface area contributed by atoms with Crippen LogP contribution in [0.25, 0.3) is 0 Å². The molecule has 0 aromatic carbocycles. The number of hydrogen-bond donors (Lipinski definition) is 4. The van der Waals surface area contributed by atoms with Gasteiger partial charge in [-0.05, 0) is 32.4 Å². The van der Waals surface area contributed by atoms with Crippen molar-refractivity contribution in [1.82, 2.24) is 4.90 Å². The second kappa shape index (κ2) is 6.73. The number of aliphatic carboxylic acids is 1. The molecule has 4 N–H and O–H groups in total. The average molecular weight is 342 g/mol. The van der Waals surface area contributed by atoms with Crippen molar-refractivity contribution >= 4 is 5.97 Å². The predicted molar refractivity (Wildman–Crippen MR) is 80.8 cm³/mol. The first-order valence-corrected chi connectivity index (χ1v) is 7.81. The quantitative estimate of drug-likeness (QED) is 0.511. The summed E-state index contributed by atoms with van der Waals surface area (Å²) in [6.45, 7) is -1.80. The number of aliphatic hydroxyl groups is 3. The molecule has 0 radical (unpaired) electrons. The Kier molecular flexibility index (Phi) is 3.84. The molecule has 0 amide bonds. The van der Waals surface area contributed by atoms with Gasteiger partial charge in [0.15, 0.2) is 24.6 Å². The molecule has 2 saturated heterocycles. The normalized spacial score (nSPS) is 39.9. The van der Waals surface area contributed by atoms with Gasteiger partial charge in [0.1, 0.15) is 12.2 Å². The van der Waals surface area contributed by atoms with Crippen LogP contribution in [0, 0.1) is 0 Å². The minimum Gasteiger partial charge on any atom is -0.479 e. The molecule has 3 rings (SSSR count). The Balaban J connectivity index is 1.90. The highest BCUT2D eigenvalue weighted by Gasteiger charge is 2.51. The van der Waals surface area contributed by atoms with Gasteiger partial charge in [-0.2, -0.15) is 4.57 Å². The average Bonchev–Trinajstić information content (AvgIpc) is 3.10. The van der Waals surface area contributed by atoms with Crippen molar-refractivity contribution in [2.45, 2.75) is 49.5 Å². The predicted octanol–water partition coefficient (Wildman–Crippen LogP) is -1.19. The van der Waals surface area contributed by atoms with Gasteiger partial charge in [-0.15, -0.1) is 0 Å². The summed E-state index contributed by atoms with van der Waals surface area (Å²) in [5.74, 6) is -1.46. The number of carboxylic acids is 1. The smallest absolute Gasteiger partial charge is 0.335 e. The minimum atomic E-state index is -2.24. The zero-order valence-corrected chi connectivity index (χ0v) is 12.9. The monoisotopic (exact) mass is 342 g/mol. The van der Waals surface area contributed by atoms with E-state index in [1.165, 1.54) is 15.7 Å². The molecule has 8 heteroatoms. The summed E-state index contributed by atoms with van der Waals surface area (Å²) in [6.07, 6.45) is -3.49. The number of aromatic nitrogens is 1. The number of hydrogen-bond acceptors (Lipinski definition) is 6. The summed E-state index contributed by atoms with van der Waals surface area (Å²) in [5, 5.41) is 39.2. The Morgan fingerprint density at radius 3 is 2.88 bits per heavy atom. The van der Waals surface area contributed by atoms with Crippen LogP contribution < -0.4 is 4.57 Å². The molecule has 0 saturated carbocycles. The molecular weight excluding hydrogens is 316 g/mol. The van der Waals surface area contributed by atoms with Crippen molar-refractivity contribution < 1.29 is 38.6 Å². The van der Waals surface area contributed by atoms with E-state index in [0.29, 0.717) is 18.5 Å². The van der Waals surface area contributed by atoms with Crippen molar-refractivity contribution in [3.8, 4) is 0 Å². The number of nitrogens with zero attached hydrogens (tertiary/aromatic N) is 2. The molecule has 2 fully saturated rings. The van der Waals surface area contributed by atoms with Crippen LogP contribution in [0.15, 0.2) is 24.5 Å². The van der Waals surface area contributed by atoms with Crippen LogP contribution >= 0.6 is 0 Å². The van der Waals surface area contributed by atoms with E-state index in [1.807, 2.05) is 0 Å². The van der Waals surface area contributed by atoms with Gasteiger partial charge in [0, 0.05) is 21.8 Å². The molecule has 132 valence electrons. The van der Waals surface area contributed by atoms with Crippen LogP contribution in [-0.4, -0.2) is 69.2 Å². The third-order valence-corrected chi connectivity index (χ3v) is 4.61. The van der Waals surface area contributed by atoms with Gasteiger partial charge in [-0.3, -0.25) is 4.90 Å². The lowest BCUT2D eigenvalue weighted by Crippen LogP contribution is -2.63. The SMILES string of the molecule is [2H]C([2H])([2H])N1CCCC1c1ccc[n+]([C@@H]2O[C@H](C(=O)O)[C@@H](O)[C@H](O)[C@H]2O)c1. The lowest BCUT2D eigenvalue weighted by Gasteiger charge is -2.35. The second-order valence-electron chi connectivity index (χ2n) is 6.19. The summed E-state index contributed by atoms with van der Waals surface area (Å²) < 4.78 is 29.7. The maximum Gasteiger partial charge on any atom is 0.335 e. The van der Waals surface area contributed by atoms with Gasteiger partial charge in [0.25, 0.3) is 6.23 Å². The fraction of sp³-hybridized carbons (Fsp3) is 0.625.